The van der Waals surface area contributed by atoms with Crippen LogP contribution >= 0.6 is 15.9 Å². The van der Waals surface area contributed by atoms with Crippen LogP contribution in [0, 0.1) is 0 Å². The van der Waals surface area contributed by atoms with E-state index in [2.05, 4.69) is 21.2 Å². The second kappa shape index (κ2) is 5.14. The Bertz CT molecular complexity index is 726. The van der Waals surface area contributed by atoms with Crippen LogP contribution in [0.5, 0.6) is 0 Å². The monoisotopic (exact) mass is 347 g/mol. The molecule has 5 nitrogen and oxygen atoms in total. The van der Waals surface area contributed by atoms with Gasteiger partial charge >= 0.3 is 10.2 Å². The van der Waals surface area contributed by atoms with Gasteiger partial charge in [0.05, 0.1) is 17.5 Å². The summed E-state index contributed by atoms with van der Waals surface area (Å²) in [7, 11) is -4.91. The molecule has 0 saturated heterocycles. The number of hydrogen-bond donors (Lipinski definition) is 1. The Hall–Kier alpha value is -1.67. The van der Waals surface area contributed by atoms with Crippen LogP contribution in [-0.2, 0) is 10.2 Å². The normalized spacial score (nSPS) is 11.3. The molecular formula is C11H7BrFNO4S. The molecule has 2 rings (SSSR count). The summed E-state index contributed by atoms with van der Waals surface area (Å²) in [4.78, 5) is 11.3. The number of carbonyl (C=O) groups excluding carboxylic acids is 1. The maximum absolute atomic E-state index is 13.0. The lowest BCUT2D eigenvalue weighted by atomic mass is 10.3. The van der Waals surface area contributed by atoms with Gasteiger partial charge in [-0.25, -0.2) is 0 Å². The number of benzene rings is 1. The molecule has 0 radical (unpaired) electrons. The van der Waals surface area contributed by atoms with Gasteiger partial charge in [-0.15, -0.1) is 3.89 Å². The summed E-state index contributed by atoms with van der Waals surface area (Å²) in [6.45, 7) is 0. The number of halogens is 2. The van der Waals surface area contributed by atoms with Crippen molar-refractivity contribution in [2.75, 3.05) is 5.32 Å². The average molecular weight is 348 g/mol. The van der Waals surface area contributed by atoms with Gasteiger partial charge in [0.15, 0.2) is 4.67 Å². The lowest BCUT2D eigenvalue weighted by Crippen LogP contribution is -2.13. The third kappa shape index (κ3) is 3.02. The molecule has 1 N–H and O–H groups in total. The van der Waals surface area contributed by atoms with Crippen molar-refractivity contribution < 1.29 is 21.5 Å². The van der Waals surface area contributed by atoms with Gasteiger partial charge in [0, 0.05) is 0 Å². The van der Waals surface area contributed by atoms with Crippen molar-refractivity contribution in [1.82, 2.24) is 0 Å². The van der Waals surface area contributed by atoms with Crippen LogP contribution in [-0.4, -0.2) is 14.3 Å². The highest BCUT2D eigenvalue weighted by Crippen LogP contribution is 2.24. The molecule has 1 aromatic carbocycles. The van der Waals surface area contributed by atoms with Crippen LogP contribution < -0.4 is 5.32 Å². The third-order valence-corrected chi connectivity index (χ3v) is 3.76. The van der Waals surface area contributed by atoms with E-state index in [1.165, 1.54) is 30.5 Å². The van der Waals surface area contributed by atoms with Gasteiger partial charge in [-0.1, -0.05) is 12.1 Å². The molecular weight excluding hydrogens is 341 g/mol. The van der Waals surface area contributed by atoms with Gasteiger partial charge in [-0.05, 0) is 34.1 Å². The number of para-hydroxylation sites is 1. The summed E-state index contributed by atoms with van der Waals surface area (Å²) in [5, 5.41) is 2.31. The molecule has 2 aromatic rings. The van der Waals surface area contributed by atoms with Gasteiger partial charge in [0.25, 0.3) is 5.91 Å². The number of rotatable bonds is 3. The maximum atomic E-state index is 13.0. The minimum Gasteiger partial charge on any atom is -0.457 e. The van der Waals surface area contributed by atoms with E-state index in [-0.39, 0.29) is 15.9 Å². The quantitative estimate of drug-likeness (QED) is 0.866. The molecule has 0 atom stereocenters. The molecule has 1 aromatic heterocycles. The number of carbonyl (C=O) groups is 1. The molecule has 0 aliphatic rings. The van der Waals surface area contributed by atoms with Gasteiger partial charge < -0.3 is 9.73 Å². The van der Waals surface area contributed by atoms with Crippen LogP contribution in [0.15, 0.2) is 50.6 Å². The SMILES string of the molecule is O=C(Nc1ccccc1S(=O)(=O)F)c1ccoc1Br. The van der Waals surface area contributed by atoms with Crippen LogP contribution in [0.2, 0.25) is 0 Å². The van der Waals surface area contributed by atoms with E-state index in [4.69, 9.17) is 4.42 Å². The zero-order valence-corrected chi connectivity index (χ0v) is 11.7. The molecule has 0 fully saturated rings. The van der Waals surface area contributed by atoms with Gasteiger partial charge in [0.2, 0.25) is 0 Å². The predicted octanol–water partition coefficient (Wildman–Crippen LogP) is 2.95. The Kier molecular flexibility index (Phi) is 3.72. The molecule has 1 amide bonds. The van der Waals surface area contributed by atoms with E-state index in [0.29, 0.717) is 0 Å². The largest absolute Gasteiger partial charge is 0.457 e. The Morgan fingerprint density at radius 2 is 1.95 bits per heavy atom. The fourth-order valence-electron chi connectivity index (χ4n) is 1.43. The number of hydrogen-bond acceptors (Lipinski definition) is 4. The number of anilines is 1. The standard InChI is InChI=1S/C11H7BrFNO4S/c12-10-7(5-6-18-10)11(15)14-8-3-1-2-4-9(8)19(13,16)17/h1-6H,(H,14,15). The maximum Gasteiger partial charge on any atom is 0.334 e. The summed E-state index contributed by atoms with van der Waals surface area (Å²) >= 11 is 3.02. The predicted molar refractivity (Wildman–Crippen MR) is 69.1 cm³/mol. The first-order valence-electron chi connectivity index (χ1n) is 4.97. The Morgan fingerprint density at radius 1 is 1.26 bits per heavy atom. The molecule has 8 heteroatoms. The second-order valence-corrected chi connectivity index (χ2v) is 5.53. The highest BCUT2D eigenvalue weighted by Gasteiger charge is 2.20. The summed E-state index contributed by atoms with van der Waals surface area (Å²) in [5.74, 6) is -0.614. The van der Waals surface area contributed by atoms with Crippen LogP contribution in [0.4, 0.5) is 9.57 Å². The van der Waals surface area contributed by atoms with Crippen molar-refractivity contribution in [3.63, 3.8) is 0 Å². The summed E-state index contributed by atoms with van der Waals surface area (Å²) in [6.07, 6.45) is 1.29. The van der Waals surface area contributed by atoms with Crippen LogP contribution in [0.1, 0.15) is 10.4 Å². The molecule has 0 aliphatic carbocycles. The van der Waals surface area contributed by atoms with E-state index in [1.807, 2.05) is 0 Å². The van der Waals surface area contributed by atoms with Gasteiger partial charge in [-0.2, -0.15) is 8.42 Å². The van der Waals surface area contributed by atoms with Crippen molar-refractivity contribution in [2.45, 2.75) is 4.90 Å². The van der Waals surface area contributed by atoms with E-state index in [1.54, 1.807) is 0 Å². The molecule has 0 unspecified atom stereocenters. The van der Waals surface area contributed by atoms with Crippen molar-refractivity contribution in [3.05, 3.63) is 46.8 Å². The smallest absolute Gasteiger partial charge is 0.334 e. The summed E-state index contributed by atoms with van der Waals surface area (Å²) in [6, 6.07) is 6.59. The number of amides is 1. The molecule has 0 saturated carbocycles. The fraction of sp³-hybridized carbons (Fsp3) is 0. The lowest BCUT2D eigenvalue weighted by Gasteiger charge is -2.07. The number of furan rings is 1. The minimum absolute atomic E-state index is 0.136. The van der Waals surface area contributed by atoms with E-state index >= 15 is 0 Å². The molecule has 100 valence electrons. The first-order chi connectivity index (χ1) is 8.89. The second-order valence-electron chi connectivity index (χ2n) is 3.50. The van der Waals surface area contributed by atoms with E-state index in [0.717, 1.165) is 6.07 Å². The Balaban J connectivity index is 2.35. The van der Waals surface area contributed by atoms with Crippen molar-refractivity contribution in [2.24, 2.45) is 0 Å². The van der Waals surface area contributed by atoms with Crippen LogP contribution in [0.25, 0.3) is 0 Å². The Labute approximate surface area is 116 Å². The van der Waals surface area contributed by atoms with Gasteiger partial charge in [0.1, 0.15) is 4.90 Å². The zero-order chi connectivity index (χ0) is 14.0. The summed E-state index contributed by atoms with van der Waals surface area (Å²) < 4.78 is 40.0. The molecule has 0 aliphatic heterocycles. The lowest BCUT2D eigenvalue weighted by molar-refractivity contribution is 0.102. The molecule has 0 spiro atoms. The van der Waals surface area contributed by atoms with E-state index < -0.39 is 21.0 Å². The van der Waals surface area contributed by atoms with E-state index in [9.17, 15) is 17.1 Å². The topological polar surface area (TPSA) is 76.4 Å². The first kappa shape index (κ1) is 13.8. The Morgan fingerprint density at radius 3 is 2.53 bits per heavy atom. The third-order valence-electron chi connectivity index (χ3n) is 2.26. The highest BCUT2D eigenvalue weighted by molar-refractivity contribution is 9.10. The summed E-state index contributed by atoms with van der Waals surface area (Å²) in [5.41, 5.74) is 0.0363. The fourth-order valence-corrected chi connectivity index (χ4v) is 2.47. The molecule has 19 heavy (non-hydrogen) atoms. The van der Waals surface area contributed by atoms with Crippen molar-refractivity contribution in [3.8, 4) is 0 Å². The first-order valence-corrected chi connectivity index (χ1v) is 7.15. The number of nitrogens with one attached hydrogen (secondary N) is 1. The molecule has 1 heterocycles. The van der Waals surface area contributed by atoms with Crippen molar-refractivity contribution >= 4 is 37.7 Å². The van der Waals surface area contributed by atoms with Crippen LogP contribution in [0.3, 0.4) is 0 Å². The highest BCUT2D eigenvalue weighted by atomic mass is 79.9. The zero-order valence-electron chi connectivity index (χ0n) is 9.26. The van der Waals surface area contributed by atoms with Crippen molar-refractivity contribution in [1.29, 1.82) is 0 Å². The minimum atomic E-state index is -4.91. The molecule has 0 bridgehead atoms. The average Bonchev–Trinajstić information content (AvgIpc) is 2.75. The van der Waals surface area contributed by atoms with Gasteiger partial charge in [-0.3, -0.25) is 4.79 Å².